The third-order valence-electron chi connectivity index (χ3n) is 3.74. The first-order chi connectivity index (χ1) is 9.54. The monoisotopic (exact) mass is 292 g/mol. The number of nitrogens with zero attached hydrogens (tertiary/aromatic N) is 1. The molecule has 2 unspecified atom stereocenters. The highest BCUT2D eigenvalue weighted by Gasteiger charge is 2.21. The van der Waals surface area contributed by atoms with Gasteiger partial charge in [-0.05, 0) is 30.4 Å². The van der Waals surface area contributed by atoms with Crippen molar-refractivity contribution in [3.63, 3.8) is 0 Å². The summed E-state index contributed by atoms with van der Waals surface area (Å²) >= 11 is 4.98. The maximum atomic E-state index is 5.81. The van der Waals surface area contributed by atoms with Crippen LogP contribution in [0, 0.1) is 11.8 Å². The Morgan fingerprint density at radius 3 is 2.70 bits per heavy atom. The van der Waals surface area contributed by atoms with Gasteiger partial charge in [-0.3, -0.25) is 4.90 Å². The number of nitrogens with two attached hydrogens (primary N) is 1. The lowest BCUT2D eigenvalue weighted by atomic mass is 9.92. The molecule has 1 fully saturated rings. The van der Waals surface area contributed by atoms with E-state index in [0.717, 1.165) is 29.7 Å². The molecule has 1 aromatic carbocycles. The van der Waals surface area contributed by atoms with Gasteiger partial charge in [0.25, 0.3) is 0 Å². The lowest BCUT2D eigenvalue weighted by Gasteiger charge is -2.34. The third kappa shape index (κ3) is 4.46. The lowest BCUT2D eigenvalue weighted by molar-refractivity contribution is 0.120. The predicted octanol–water partition coefficient (Wildman–Crippen LogP) is 2.68. The van der Waals surface area contributed by atoms with Crippen LogP contribution in [0.2, 0.25) is 0 Å². The highest BCUT2D eigenvalue weighted by molar-refractivity contribution is 7.80. The van der Waals surface area contributed by atoms with Crippen LogP contribution in [0.4, 0.5) is 0 Å². The van der Waals surface area contributed by atoms with Crippen molar-refractivity contribution in [1.82, 2.24) is 4.90 Å². The van der Waals surface area contributed by atoms with Crippen LogP contribution in [-0.2, 0) is 0 Å². The molecular formula is C16H24N2OS. The molecule has 0 radical (unpaired) electrons. The Kier molecular flexibility index (Phi) is 5.38. The average molecular weight is 292 g/mol. The summed E-state index contributed by atoms with van der Waals surface area (Å²) in [5.74, 6) is 2.42. The van der Waals surface area contributed by atoms with E-state index in [1.807, 2.05) is 24.3 Å². The van der Waals surface area contributed by atoms with E-state index in [2.05, 4.69) is 18.7 Å². The maximum absolute atomic E-state index is 5.81. The molecule has 20 heavy (non-hydrogen) atoms. The fraction of sp³-hybridized carbons (Fsp3) is 0.562. The second kappa shape index (κ2) is 7.04. The molecule has 0 saturated carbocycles. The molecule has 110 valence electrons. The van der Waals surface area contributed by atoms with Gasteiger partial charge in [-0.25, -0.2) is 0 Å². The van der Waals surface area contributed by atoms with Gasteiger partial charge in [-0.2, -0.15) is 0 Å². The Bertz CT molecular complexity index is 454. The van der Waals surface area contributed by atoms with Crippen LogP contribution in [0.5, 0.6) is 5.75 Å². The normalized spacial score (nSPS) is 23.5. The van der Waals surface area contributed by atoms with Crippen LogP contribution in [0.25, 0.3) is 0 Å². The Hall–Kier alpha value is -1.13. The smallest absolute Gasteiger partial charge is 0.120 e. The summed E-state index contributed by atoms with van der Waals surface area (Å²) in [5.41, 5.74) is 6.49. The van der Waals surface area contributed by atoms with Gasteiger partial charge in [0, 0.05) is 25.2 Å². The summed E-state index contributed by atoms with van der Waals surface area (Å²) < 4.78 is 5.81. The molecule has 0 spiro atoms. The fourth-order valence-electron chi connectivity index (χ4n) is 3.01. The fourth-order valence-corrected chi connectivity index (χ4v) is 3.13. The zero-order valence-electron chi connectivity index (χ0n) is 12.3. The summed E-state index contributed by atoms with van der Waals surface area (Å²) in [6.45, 7) is 8.71. The molecule has 0 bridgehead atoms. The molecule has 1 aliphatic rings. The number of likely N-dealkylation sites (tertiary alicyclic amines) is 1. The molecule has 0 amide bonds. The second-order valence-corrected chi connectivity index (χ2v) is 6.39. The first-order valence-electron chi connectivity index (χ1n) is 7.29. The van der Waals surface area contributed by atoms with Gasteiger partial charge in [0.1, 0.15) is 17.3 Å². The van der Waals surface area contributed by atoms with Crippen LogP contribution >= 0.6 is 12.2 Å². The molecule has 2 N–H and O–H groups in total. The van der Waals surface area contributed by atoms with Crippen molar-refractivity contribution in [3.8, 4) is 5.75 Å². The molecular weight excluding hydrogens is 268 g/mol. The summed E-state index contributed by atoms with van der Waals surface area (Å²) in [7, 11) is 0. The Labute approximate surface area is 127 Å². The molecule has 1 saturated heterocycles. The van der Waals surface area contributed by atoms with E-state index in [0.29, 0.717) is 11.6 Å². The molecule has 2 atom stereocenters. The van der Waals surface area contributed by atoms with Crippen LogP contribution in [-0.4, -0.2) is 36.1 Å². The Morgan fingerprint density at radius 1 is 1.35 bits per heavy atom. The van der Waals surface area contributed by atoms with Crippen molar-refractivity contribution in [2.75, 3.05) is 26.2 Å². The summed E-state index contributed by atoms with van der Waals surface area (Å²) in [6, 6.07) is 7.69. The lowest BCUT2D eigenvalue weighted by Crippen LogP contribution is -2.40. The van der Waals surface area contributed by atoms with Gasteiger partial charge in [0.15, 0.2) is 0 Å². The maximum Gasteiger partial charge on any atom is 0.120 e. The minimum Gasteiger partial charge on any atom is -0.492 e. The van der Waals surface area contributed by atoms with E-state index in [1.165, 1.54) is 19.5 Å². The Morgan fingerprint density at radius 2 is 2.05 bits per heavy atom. The molecule has 2 rings (SSSR count). The largest absolute Gasteiger partial charge is 0.492 e. The number of hydrogen-bond acceptors (Lipinski definition) is 3. The van der Waals surface area contributed by atoms with Crippen molar-refractivity contribution < 1.29 is 4.74 Å². The zero-order chi connectivity index (χ0) is 14.5. The van der Waals surface area contributed by atoms with Crippen molar-refractivity contribution in [3.05, 3.63) is 29.8 Å². The van der Waals surface area contributed by atoms with Crippen molar-refractivity contribution in [2.24, 2.45) is 17.6 Å². The van der Waals surface area contributed by atoms with E-state index in [-0.39, 0.29) is 0 Å². The number of benzene rings is 1. The van der Waals surface area contributed by atoms with E-state index < -0.39 is 0 Å². The van der Waals surface area contributed by atoms with Crippen LogP contribution in [0.15, 0.2) is 24.3 Å². The minimum atomic E-state index is 0.411. The highest BCUT2D eigenvalue weighted by atomic mass is 32.1. The van der Waals surface area contributed by atoms with Gasteiger partial charge >= 0.3 is 0 Å². The summed E-state index contributed by atoms with van der Waals surface area (Å²) in [5, 5.41) is 0. The number of piperidine rings is 1. The van der Waals surface area contributed by atoms with E-state index in [9.17, 15) is 0 Å². The van der Waals surface area contributed by atoms with Crippen molar-refractivity contribution in [1.29, 1.82) is 0 Å². The number of ether oxygens (including phenoxy) is 1. The zero-order valence-corrected chi connectivity index (χ0v) is 13.2. The van der Waals surface area contributed by atoms with Gasteiger partial charge < -0.3 is 10.5 Å². The molecule has 3 nitrogen and oxygen atoms in total. The van der Waals surface area contributed by atoms with Gasteiger partial charge in [-0.15, -0.1) is 0 Å². The minimum absolute atomic E-state index is 0.411. The third-order valence-corrected chi connectivity index (χ3v) is 3.97. The van der Waals surface area contributed by atoms with Gasteiger partial charge in [0.05, 0.1) is 0 Å². The molecule has 1 aliphatic heterocycles. The average Bonchev–Trinajstić information content (AvgIpc) is 2.38. The number of rotatable bonds is 5. The predicted molar refractivity (Wildman–Crippen MR) is 87.2 cm³/mol. The van der Waals surface area contributed by atoms with Crippen molar-refractivity contribution >= 4 is 17.2 Å². The van der Waals surface area contributed by atoms with E-state index >= 15 is 0 Å². The van der Waals surface area contributed by atoms with Crippen molar-refractivity contribution in [2.45, 2.75) is 20.3 Å². The van der Waals surface area contributed by atoms with Gasteiger partial charge in [0.2, 0.25) is 0 Å². The SMILES string of the molecule is CC1CC(C)CN(CCOc2cccc(C(N)=S)c2)C1. The van der Waals surface area contributed by atoms with Crippen LogP contribution < -0.4 is 10.5 Å². The number of hydrogen-bond donors (Lipinski definition) is 1. The van der Waals surface area contributed by atoms with Crippen LogP contribution in [0.1, 0.15) is 25.8 Å². The molecule has 1 heterocycles. The molecule has 4 heteroatoms. The number of thiocarbonyl (C=S) groups is 1. The van der Waals surface area contributed by atoms with E-state index in [4.69, 9.17) is 22.7 Å². The first kappa shape index (κ1) is 15.3. The molecule has 0 aliphatic carbocycles. The highest BCUT2D eigenvalue weighted by Crippen LogP contribution is 2.20. The van der Waals surface area contributed by atoms with Crippen LogP contribution in [0.3, 0.4) is 0 Å². The second-order valence-electron chi connectivity index (χ2n) is 5.95. The first-order valence-corrected chi connectivity index (χ1v) is 7.70. The quantitative estimate of drug-likeness (QED) is 0.847. The summed E-state index contributed by atoms with van der Waals surface area (Å²) in [4.78, 5) is 2.91. The molecule has 1 aromatic rings. The van der Waals surface area contributed by atoms with Gasteiger partial charge in [-0.1, -0.05) is 38.2 Å². The molecule has 0 aromatic heterocycles. The standard InChI is InChI=1S/C16H24N2OS/c1-12-8-13(2)11-18(10-12)6-7-19-15-5-3-4-14(9-15)16(17)20/h3-5,9,12-13H,6-8,10-11H2,1-2H3,(H2,17,20). The Balaban J connectivity index is 1.81. The topological polar surface area (TPSA) is 38.5 Å². The van der Waals surface area contributed by atoms with E-state index in [1.54, 1.807) is 0 Å². The summed E-state index contributed by atoms with van der Waals surface area (Å²) in [6.07, 6.45) is 1.34.